The number of hydrogen-bond acceptors (Lipinski definition) is 4. The minimum absolute atomic E-state index is 0.0823. The number of aryl methyl sites for hydroxylation is 3. The molecule has 0 aliphatic rings. The van der Waals surface area contributed by atoms with Crippen LogP contribution in [0.25, 0.3) is 50.0 Å². The molecule has 0 amide bonds. The third-order valence-corrected chi connectivity index (χ3v) is 6.69. The van der Waals surface area contributed by atoms with Crippen molar-refractivity contribution in [3.05, 3.63) is 83.4 Å². The van der Waals surface area contributed by atoms with Crippen LogP contribution in [0.2, 0.25) is 0 Å². The van der Waals surface area contributed by atoms with Gasteiger partial charge in [-0.2, -0.15) is 0 Å². The fourth-order valence-corrected chi connectivity index (χ4v) is 4.96. The van der Waals surface area contributed by atoms with Crippen LogP contribution in [-0.4, -0.2) is 19.5 Å². The normalized spacial score (nSPS) is 12.3. The highest BCUT2D eigenvalue weighted by molar-refractivity contribution is 6.09. The van der Waals surface area contributed by atoms with Crippen molar-refractivity contribution in [1.82, 2.24) is 19.5 Å². The highest BCUT2D eigenvalue weighted by Gasteiger charge is 2.22. The van der Waals surface area contributed by atoms with Crippen molar-refractivity contribution in [1.29, 1.82) is 0 Å². The zero-order valence-electron chi connectivity index (χ0n) is 21.0. The molecule has 0 atom stereocenters. The first kappa shape index (κ1) is 21.5. The van der Waals surface area contributed by atoms with Crippen molar-refractivity contribution < 1.29 is 4.42 Å². The number of para-hydroxylation sites is 1. The molecule has 0 saturated carbocycles. The van der Waals surface area contributed by atoms with Crippen LogP contribution in [0.1, 0.15) is 43.4 Å². The smallest absolute Gasteiger partial charge is 0.153 e. The maximum atomic E-state index is 6.37. The molecule has 0 unspecified atom stereocenters. The summed E-state index contributed by atoms with van der Waals surface area (Å²) in [6.07, 6.45) is 1.81. The predicted molar refractivity (Wildman–Crippen MR) is 142 cm³/mol. The van der Waals surface area contributed by atoms with Crippen LogP contribution in [0, 0.1) is 20.8 Å². The summed E-state index contributed by atoms with van der Waals surface area (Å²) in [5.41, 5.74) is 9.79. The molecule has 0 spiro atoms. The first-order valence-corrected chi connectivity index (χ1v) is 12.0. The summed E-state index contributed by atoms with van der Waals surface area (Å²) in [5.74, 6) is 0.841. The number of rotatable bonds is 2. The quantitative estimate of drug-likeness (QED) is 0.267. The molecule has 2 aromatic carbocycles. The molecule has 0 aliphatic carbocycles. The van der Waals surface area contributed by atoms with Gasteiger partial charge in [0.1, 0.15) is 11.4 Å². The molecule has 0 saturated heterocycles. The maximum Gasteiger partial charge on any atom is 0.153 e. The van der Waals surface area contributed by atoms with Crippen LogP contribution in [0.4, 0.5) is 0 Å². The summed E-state index contributed by atoms with van der Waals surface area (Å²) < 4.78 is 8.58. The van der Waals surface area contributed by atoms with E-state index in [9.17, 15) is 0 Å². The summed E-state index contributed by atoms with van der Waals surface area (Å²) in [4.78, 5) is 14.3. The summed E-state index contributed by atoms with van der Waals surface area (Å²) in [7, 11) is 0. The van der Waals surface area contributed by atoms with Crippen LogP contribution < -0.4 is 0 Å². The van der Waals surface area contributed by atoms with Gasteiger partial charge in [0.05, 0.1) is 28.5 Å². The number of nitrogens with zero attached hydrogens (tertiary/aromatic N) is 4. The molecule has 5 nitrogen and oxygen atoms in total. The van der Waals surface area contributed by atoms with E-state index in [0.717, 1.165) is 67.1 Å². The van der Waals surface area contributed by atoms with Crippen LogP contribution >= 0.6 is 0 Å². The lowest BCUT2D eigenvalue weighted by Crippen LogP contribution is -2.11. The molecule has 4 heterocycles. The Hall–Kier alpha value is -3.99. The Balaban J connectivity index is 1.68. The minimum atomic E-state index is 0.0823. The van der Waals surface area contributed by atoms with E-state index in [0.29, 0.717) is 0 Å². The number of imidazole rings is 1. The van der Waals surface area contributed by atoms with Gasteiger partial charge >= 0.3 is 0 Å². The molecule has 0 radical (unpaired) electrons. The largest absolute Gasteiger partial charge is 0.454 e. The lowest BCUT2D eigenvalue weighted by molar-refractivity contribution is 0.590. The summed E-state index contributed by atoms with van der Waals surface area (Å²) in [6, 6.07) is 19.2. The van der Waals surface area contributed by atoms with Gasteiger partial charge in [-0.25, -0.2) is 4.98 Å². The van der Waals surface area contributed by atoms with Gasteiger partial charge in [0, 0.05) is 27.8 Å². The SMILES string of the molecule is Cc1cc2c(cn1)oc1c(-c3nc4cc(C)nc(C)c4n3-c3ccc(C(C)(C)C)cc3)cccc12. The molecule has 174 valence electrons. The molecular weight excluding hydrogens is 432 g/mol. The van der Waals surface area contributed by atoms with Gasteiger partial charge in [0.2, 0.25) is 0 Å². The van der Waals surface area contributed by atoms with E-state index in [1.54, 1.807) is 6.20 Å². The Bertz CT molecular complexity index is 1750. The summed E-state index contributed by atoms with van der Waals surface area (Å²) >= 11 is 0. The fraction of sp³-hybridized carbons (Fsp3) is 0.233. The average Bonchev–Trinajstić information content (AvgIpc) is 3.37. The lowest BCUT2D eigenvalue weighted by Gasteiger charge is -2.20. The molecule has 0 N–H and O–H groups in total. The van der Waals surface area contributed by atoms with Crippen LogP contribution in [0.3, 0.4) is 0 Å². The van der Waals surface area contributed by atoms with Crippen molar-refractivity contribution in [2.24, 2.45) is 0 Å². The molecule has 4 aromatic heterocycles. The van der Waals surface area contributed by atoms with E-state index >= 15 is 0 Å². The van der Waals surface area contributed by atoms with E-state index in [2.05, 4.69) is 91.8 Å². The van der Waals surface area contributed by atoms with Crippen molar-refractivity contribution in [2.75, 3.05) is 0 Å². The minimum Gasteiger partial charge on any atom is -0.454 e. The number of benzene rings is 2. The summed E-state index contributed by atoms with van der Waals surface area (Å²) in [6.45, 7) is 12.8. The van der Waals surface area contributed by atoms with Gasteiger partial charge in [-0.1, -0.05) is 45.0 Å². The standard InChI is InChI=1S/C30H28N4O/c1-17-14-24-22-8-7-9-23(28(22)35-26(24)16-31-17)29-33-25-15-18(2)32-19(3)27(25)34(29)21-12-10-20(11-13-21)30(4,5)6/h7-16H,1-6H3. The Morgan fingerprint density at radius 2 is 1.60 bits per heavy atom. The topological polar surface area (TPSA) is 56.7 Å². The van der Waals surface area contributed by atoms with Crippen LogP contribution in [0.5, 0.6) is 0 Å². The first-order chi connectivity index (χ1) is 16.7. The van der Waals surface area contributed by atoms with Crippen molar-refractivity contribution in [3.63, 3.8) is 0 Å². The number of hydrogen-bond donors (Lipinski definition) is 0. The second-order valence-corrected chi connectivity index (χ2v) is 10.4. The van der Waals surface area contributed by atoms with Crippen molar-refractivity contribution in [2.45, 2.75) is 47.0 Å². The van der Waals surface area contributed by atoms with Gasteiger partial charge in [0.15, 0.2) is 5.58 Å². The maximum absolute atomic E-state index is 6.37. The Labute approximate surface area is 204 Å². The molecule has 5 heteroatoms. The lowest BCUT2D eigenvalue weighted by atomic mass is 9.87. The monoisotopic (exact) mass is 460 g/mol. The number of fused-ring (bicyclic) bond motifs is 4. The molecular formula is C30H28N4O. The number of pyridine rings is 2. The van der Waals surface area contributed by atoms with Crippen molar-refractivity contribution in [3.8, 4) is 17.1 Å². The fourth-order valence-electron chi connectivity index (χ4n) is 4.96. The molecule has 6 aromatic rings. The van der Waals surface area contributed by atoms with Crippen LogP contribution in [0.15, 0.2) is 65.2 Å². The van der Waals surface area contributed by atoms with Crippen molar-refractivity contribution >= 4 is 33.0 Å². The molecule has 35 heavy (non-hydrogen) atoms. The van der Waals surface area contributed by atoms with Gasteiger partial charge in [-0.05, 0) is 62.1 Å². The Morgan fingerprint density at radius 3 is 2.34 bits per heavy atom. The predicted octanol–water partition coefficient (Wildman–Crippen LogP) is 7.60. The second-order valence-electron chi connectivity index (χ2n) is 10.4. The second kappa shape index (κ2) is 7.51. The van der Waals surface area contributed by atoms with E-state index in [1.807, 2.05) is 13.8 Å². The molecule has 0 aliphatic heterocycles. The van der Waals surface area contributed by atoms with E-state index < -0.39 is 0 Å². The molecule has 0 fully saturated rings. The highest BCUT2D eigenvalue weighted by atomic mass is 16.3. The summed E-state index contributed by atoms with van der Waals surface area (Å²) in [5, 5.41) is 2.14. The molecule has 0 bridgehead atoms. The van der Waals surface area contributed by atoms with Gasteiger partial charge in [-0.15, -0.1) is 0 Å². The van der Waals surface area contributed by atoms with Gasteiger partial charge in [-0.3, -0.25) is 14.5 Å². The first-order valence-electron chi connectivity index (χ1n) is 12.0. The third kappa shape index (κ3) is 3.42. The van der Waals surface area contributed by atoms with E-state index in [-0.39, 0.29) is 5.41 Å². The highest BCUT2D eigenvalue weighted by Crippen LogP contribution is 2.38. The van der Waals surface area contributed by atoms with Gasteiger partial charge in [0.25, 0.3) is 0 Å². The Morgan fingerprint density at radius 1 is 0.829 bits per heavy atom. The van der Waals surface area contributed by atoms with E-state index in [4.69, 9.17) is 14.4 Å². The zero-order chi connectivity index (χ0) is 24.5. The zero-order valence-corrected chi connectivity index (χ0v) is 21.0. The van der Waals surface area contributed by atoms with Crippen LogP contribution in [-0.2, 0) is 5.41 Å². The number of aromatic nitrogens is 4. The average molecular weight is 461 g/mol. The number of furan rings is 1. The van der Waals surface area contributed by atoms with E-state index in [1.165, 1.54) is 5.56 Å². The third-order valence-electron chi connectivity index (χ3n) is 6.69. The Kier molecular flexibility index (Phi) is 4.62. The van der Waals surface area contributed by atoms with Gasteiger partial charge < -0.3 is 4.42 Å². The molecule has 6 rings (SSSR count).